The molecule has 1 aliphatic heterocycles. The number of unbranched alkanes of at least 4 members (excludes halogenated alkanes) is 1. The summed E-state index contributed by atoms with van der Waals surface area (Å²) in [5, 5.41) is 1.34. The molecule has 196 valence electrons. The number of allylic oxidation sites excluding steroid dienone is 5. The van der Waals surface area contributed by atoms with Gasteiger partial charge >= 0.3 is 0 Å². The average molecular weight is 502 g/mol. The molecule has 0 bridgehead atoms. The van der Waals surface area contributed by atoms with Crippen molar-refractivity contribution < 1.29 is 14.3 Å². The maximum Gasteiger partial charge on any atom is 0.254 e. The highest BCUT2D eigenvalue weighted by Crippen LogP contribution is 2.34. The summed E-state index contributed by atoms with van der Waals surface area (Å²) in [5.74, 6) is 1.48. The van der Waals surface area contributed by atoms with Crippen LogP contribution in [0.15, 0.2) is 54.1 Å². The number of hydrogen-bond donors (Lipinski definition) is 1. The third-order valence-corrected chi connectivity index (χ3v) is 6.46. The number of amides is 1. The number of ether oxygens (including phenoxy) is 2. The molecule has 3 rings (SSSR count). The lowest BCUT2D eigenvalue weighted by atomic mass is 10.0. The van der Waals surface area contributed by atoms with E-state index in [1.165, 1.54) is 5.57 Å². The van der Waals surface area contributed by atoms with E-state index in [1.54, 1.807) is 4.90 Å². The molecule has 6 heteroatoms. The van der Waals surface area contributed by atoms with E-state index >= 15 is 0 Å². The van der Waals surface area contributed by atoms with E-state index in [1.807, 2.05) is 69.5 Å². The smallest absolute Gasteiger partial charge is 0.254 e. The maximum absolute atomic E-state index is 13.3. The van der Waals surface area contributed by atoms with Gasteiger partial charge in [0.05, 0.1) is 10.9 Å². The Labute approximate surface area is 220 Å². The standard InChI is InChI=1S/C31H39N3O3/c1-6-8-18-34(5)31(35)27-20-26(14-12-24(7-2)10-9-17-32)33-28(23(27)4)15-11-22(3)25-13-16-29-30(19-25)37-21-36-29/h7,9-11,13,15-16,19-20H,4,6,8,12,14,17-18,21,32H2,1-3,5H3/b10-9-,22-11+,24-7+,28-15+. The fraction of sp³-hybridized carbons (Fsp3) is 0.355. The molecule has 0 saturated carbocycles. The number of carbonyl (C=O) groups is 1. The number of aryl methyl sites for hydroxylation is 1. The largest absolute Gasteiger partial charge is 0.454 e. The van der Waals surface area contributed by atoms with Gasteiger partial charge in [-0.1, -0.05) is 55.9 Å². The molecule has 0 atom stereocenters. The Morgan fingerprint density at radius 1 is 1.24 bits per heavy atom. The summed E-state index contributed by atoms with van der Waals surface area (Å²) in [6.07, 6.45) is 13.5. The highest BCUT2D eigenvalue weighted by atomic mass is 16.7. The van der Waals surface area contributed by atoms with E-state index < -0.39 is 0 Å². The minimum atomic E-state index is -0.0255. The second-order valence-corrected chi connectivity index (χ2v) is 9.19. The van der Waals surface area contributed by atoms with E-state index in [2.05, 4.69) is 19.6 Å². The number of benzene rings is 1. The molecule has 2 heterocycles. The molecule has 0 spiro atoms. The lowest BCUT2D eigenvalue weighted by Gasteiger charge is -2.17. The highest BCUT2D eigenvalue weighted by molar-refractivity contribution is 5.94. The van der Waals surface area contributed by atoms with Crippen molar-refractivity contribution in [2.45, 2.75) is 46.5 Å². The molecule has 0 saturated heterocycles. The van der Waals surface area contributed by atoms with Crippen molar-refractivity contribution in [1.82, 2.24) is 9.88 Å². The van der Waals surface area contributed by atoms with E-state index in [-0.39, 0.29) is 12.7 Å². The molecular formula is C31H39N3O3. The zero-order valence-corrected chi connectivity index (χ0v) is 22.5. The van der Waals surface area contributed by atoms with Crippen molar-refractivity contribution in [3.63, 3.8) is 0 Å². The number of hydrogen-bond acceptors (Lipinski definition) is 5. The SMILES string of the molecule is C=c1c(C(=O)N(C)CCCC)cc(CCC(/C=C\CN)=C/C)n/c1=C/C=C(\C)c1ccc2c(c1)OCO2. The first-order valence-corrected chi connectivity index (χ1v) is 12.9. The van der Waals surface area contributed by atoms with E-state index in [9.17, 15) is 4.79 Å². The summed E-state index contributed by atoms with van der Waals surface area (Å²) in [4.78, 5) is 20.0. The first kappa shape index (κ1) is 27.9. The Hall–Kier alpha value is -3.64. The number of pyridine rings is 1. The van der Waals surface area contributed by atoms with Crippen LogP contribution < -0.4 is 25.8 Å². The first-order valence-electron chi connectivity index (χ1n) is 12.9. The van der Waals surface area contributed by atoms with Gasteiger partial charge in [0.1, 0.15) is 0 Å². The minimum absolute atomic E-state index is 0.0255. The van der Waals surface area contributed by atoms with Gasteiger partial charge in [0.2, 0.25) is 6.79 Å². The van der Waals surface area contributed by atoms with Crippen molar-refractivity contribution in [1.29, 1.82) is 0 Å². The monoisotopic (exact) mass is 501 g/mol. The second kappa shape index (κ2) is 13.6. The second-order valence-electron chi connectivity index (χ2n) is 9.19. The van der Waals surface area contributed by atoms with E-state index in [0.717, 1.165) is 47.6 Å². The van der Waals surface area contributed by atoms with Crippen LogP contribution in [0, 0.1) is 0 Å². The molecule has 1 amide bonds. The summed E-state index contributed by atoms with van der Waals surface area (Å²) in [6, 6.07) is 7.80. The summed E-state index contributed by atoms with van der Waals surface area (Å²) in [6.45, 7) is 11.9. The molecule has 0 aliphatic carbocycles. The van der Waals surface area contributed by atoms with Crippen LogP contribution in [-0.2, 0) is 6.42 Å². The average Bonchev–Trinajstić information content (AvgIpc) is 3.39. The van der Waals surface area contributed by atoms with Crippen molar-refractivity contribution in [2.24, 2.45) is 5.73 Å². The molecule has 2 N–H and O–H groups in total. The normalized spacial score (nSPS) is 14.0. The number of nitrogens with zero attached hydrogens (tertiary/aromatic N) is 2. The predicted octanol–water partition coefficient (Wildman–Crippen LogP) is 4.37. The third kappa shape index (κ3) is 7.43. The molecule has 1 aromatic carbocycles. The summed E-state index contributed by atoms with van der Waals surface area (Å²) in [7, 11) is 1.85. The van der Waals surface area contributed by atoms with Crippen LogP contribution in [0.1, 0.15) is 61.6 Å². The fourth-order valence-electron chi connectivity index (χ4n) is 4.06. The van der Waals surface area contributed by atoms with Crippen LogP contribution in [-0.4, -0.2) is 42.7 Å². The molecule has 37 heavy (non-hydrogen) atoms. The van der Waals surface area contributed by atoms with Crippen LogP contribution >= 0.6 is 0 Å². The first-order chi connectivity index (χ1) is 17.9. The summed E-state index contributed by atoms with van der Waals surface area (Å²) < 4.78 is 10.9. The quantitative estimate of drug-likeness (QED) is 0.463. The topological polar surface area (TPSA) is 77.7 Å². The van der Waals surface area contributed by atoms with Crippen molar-refractivity contribution >= 4 is 24.1 Å². The van der Waals surface area contributed by atoms with Crippen molar-refractivity contribution in [3.8, 4) is 11.5 Å². The zero-order valence-electron chi connectivity index (χ0n) is 22.5. The number of carbonyl (C=O) groups excluding carboxylic acids is 1. The molecular weight excluding hydrogens is 462 g/mol. The van der Waals surface area contributed by atoms with Crippen LogP contribution in [0.4, 0.5) is 0 Å². The van der Waals surface area contributed by atoms with Gasteiger partial charge in [-0.2, -0.15) is 0 Å². The van der Waals surface area contributed by atoms with Gasteiger partial charge < -0.3 is 20.1 Å². The van der Waals surface area contributed by atoms with Gasteiger partial charge in [-0.3, -0.25) is 9.78 Å². The Morgan fingerprint density at radius 2 is 2.03 bits per heavy atom. The number of rotatable bonds is 11. The van der Waals surface area contributed by atoms with Crippen LogP contribution in [0.2, 0.25) is 0 Å². The Balaban J connectivity index is 1.99. The Bertz CT molecular complexity index is 1310. The van der Waals surface area contributed by atoms with Gasteiger partial charge in [0, 0.05) is 31.0 Å². The predicted molar refractivity (Wildman–Crippen MR) is 152 cm³/mol. The summed E-state index contributed by atoms with van der Waals surface area (Å²) >= 11 is 0. The van der Waals surface area contributed by atoms with Gasteiger partial charge in [-0.05, 0) is 68.5 Å². The van der Waals surface area contributed by atoms with Crippen LogP contribution in [0.5, 0.6) is 11.5 Å². The molecule has 0 radical (unpaired) electrons. The van der Waals surface area contributed by atoms with Gasteiger partial charge in [0.25, 0.3) is 5.91 Å². The molecule has 1 aliphatic rings. The summed E-state index contributed by atoms with van der Waals surface area (Å²) in [5.41, 5.74) is 10.3. The zero-order chi connectivity index (χ0) is 26.8. The lowest BCUT2D eigenvalue weighted by Crippen LogP contribution is -2.38. The molecule has 0 unspecified atom stereocenters. The van der Waals surface area contributed by atoms with Crippen LogP contribution in [0.25, 0.3) is 18.2 Å². The molecule has 1 aromatic heterocycles. The Kier molecular flexibility index (Phi) is 10.3. The van der Waals surface area contributed by atoms with E-state index in [4.69, 9.17) is 20.2 Å². The van der Waals surface area contributed by atoms with E-state index in [0.29, 0.717) is 35.6 Å². The maximum atomic E-state index is 13.3. The number of nitrogens with two attached hydrogens (primary N) is 1. The minimum Gasteiger partial charge on any atom is -0.454 e. The van der Waals surface area contributed by atoms with Gasteiger partial charge in [-0.25, -0.2) is 0 Å². The van der Waals surface area contributed by atoms with Crippen LogP contribution in [0.3, 0.4) is 0 Å². The Morgan fingerprint density at radius 3 is 2.76 bits per heavy atom. The molecule has 0 fully saturated rings. The fourth-order valence-corrected chi connectivity index (χ4v) is 4.06. The lowest BCUT2D eigenvalue weighted by molar-refractivity contribution is 0.0791. The van der Waals surface area contributed by atoms with Crippen molar-refractivity contribution in [2.75, 3.05) is 26.9 Å². The molecule has 2 aromatic rings. The van der Waals surface area contributed by atoms with Gasteiger partial charge in [-0.15, -0.1) is 0 Å². The van der Waals surface area contributed by atoms with Gasteiger partial charge in [0.15, 0.2) is 11.5 Å². The highest BCUT2D eigenvalue weighted by Gasteiger charge is 2.15. The van der Waals surface area contributed by atoms with Crippen molar-refractivity contribution in [3.05, 3.63) is 81.5 Å². The molecule has 6 nitrogen and oxygen atoms in total. The third-order valence-electron chi connectivity index (χ3n) is 6.46. The number of aromatic nitrogens is 1. The number of fused-ring (bicyclic) bond motifs is 1.